The summed E-state index contributed by atoms with van der Waals surface area (Å²) in [5.74, 6) is 1.94. The zero-order valence-corrected chi connectivity index (χ0v) is 16.1. The average Bonchev–Trinajstić information content (AvgIpc) is 3.08. The molecule has 0 unspecified atom stereocenters. The predicted octanol–water partition coefficient (Wildman–Crippen LogP) is 1.27. The monoisotopic (exact) mass is 373 g/mol. The van der Waals surface area contributed by atoms with Crippen molar-refractivity contribution >= 4 is 5.91 Å². The second kappa shape index (κ2) is 8.85. The third-order valence-electron chi connectivity index (χ3n) is 4.82. The van der Waals surface area contributed by atoms with Gasteiger partial charge < -0.3 is 19.7 Å². The van der Waals surface area contributed by atoms with E-state index in [1.807, 2.05) is 13.1 Å². The summed E-state index contributed by atoms with van der Waals surface area (Å²) in [5, 5.41) is 6.92. The van der Waals surface area contributed by atoms with Crippen LogP contribution in [0.25, 0.3) is 0 Å². The summed E-state index contributed by atoms with van der Waals surface area (Å²) in [4.78, 5) is 18.9. The zero-order valence-electron chi connectivity index (χ0n) is 16.1. The lowest BCUT2D eigenvalue weighted by Gasteiger charge is -2.29. The maximum absolute atomic E-state index is 12.4. The van der Waals surface area contributed by atoms with E-state index in [-0.39, 0.29) is 12.0 Å². The first-order chi connectivity index (χ1) is 13.1. The number of benzene rings is 1. The van der Waals surface area contributed by atoms with Gasteiger partial charge in [-0.1, -0.05) is 0 Å². The molecule has 1 saturated heterocycles. The molecule has 1 aliphatic heterocycles. The number of hydrogen-bond acceptors (Lipinski definition) is 6. The molecule has 1 aliphatic rings. The number of nitrogens with zero attached hydrogens (tertiary/aromatic N) is 4. The number of nitrogens with one attached hydrogen (secondary N) is 1. The van der Waals surface area contributed by atoms with Crippen molar-refractivity contribution in [3.05, 3.63) is 35.9 Å². The SMILES string of the molecule is COc1cc(C(=O)NCCc2ncnn2C)ccc1OC1CCN(C)CC1. The average molecular weight is 373 g/mol. The van der Waals surface area contributed by atoms with Crippen LogP contribution >= 0.6 is 0 Å². The molecule has 2 heterocycles. The zero-order chi connectivity index (χ0) is 19.2. The third kappa shape index (κ3) is 4.97. The van der Waals surface area contributed by atoms with Gasteiger partial charge in [0.25, 0.3) is 5.91 Å². The Labute approximate surface area is 159 Å². The van der Waals surface area contributed by atoms with Crippen molar-refractivity contribution in [3.63, 3.8) is 0 Å². The molecule has 1 aromatic heterocycles. The van der Waals surface area contributed by atoms with Gasteiger partial charge in [0, 0.05) is 38.7 Å². The van der Waals surface area contributed by atoms with Gasteiger partial charge in [-0.05, 0) is 38.1 Å². The molecule has 27 heavy (non-hydrogen) atoms. The summed E-state index contributed by atoms with van der Waals surface area (Å²) < 4.78 is 13.2. The molecular formula is C19H27N5O3. The molecule has 0 aliphatic carbocycles. The van der Waals surface area contributed by atoms with Crippen LogP contribution in [0.4, 0.5) is 0 Å². The number of rotatable bonds is 7. The summed E-state index contributed by atoms with van der Waals surface area (Å²) in [6.07, 6.45) is 4.29. The number of methoxy groups -OCH3 is 1. The van der Waals surface area contributed by atoms with E-state index in [1.165, 1.54) is 6.33 Å². The lowest BCUT2D eigenvalue weighted by atomic mass is 10.1. The predicted molar refractivity (Wildman–Crippen MR) is 101 cm³/mol. The van der Waals surface area contributed by atoms with E-state index in [1.54, 1.807) is 23.9 Å². The molecule has 2 aromatic rings. The Morgan fingerprint density at radius 1 is 1.26 bits per heavy atom. The van der Waals surface area contributed by atoms with E-state index in [0.29, 0.717) is 30.0 Å². The quantitative estimate of drug-likeness (QED) is 0.787. The molecule has 1 aromatic carbocycles. The molecule has 0 saturated carbocycles. The lowest BCUT2D eigenvalue weighted by Crippen LogP contribution is -2.35. The second-order valence-corrected chi connectivity index (χ2v) is 6.79. The first-order valence-electron chi connectivity index (χ1n) is 9.21. The number of carbonyl (C=O) groups is 1. The van der Waals surface area contributed by atoms with Crippen LogP contribution in [-0.4, -0.2) is 65.5 Å². The van der Waals surface area contributed by atoms with Crippen molar-refractivity contribution in [2.75, 3.05) is 33.8 Å². The van der Waals surface area contributed by atoms with Crippen LogP contribution in [0, 0.1) is 0 Å². The molecule has 3 rings (SSSR count). The number of amides is 1. The highest BCUT2D eigenvalue weighted by Crippen LogP contribution is 2.30. The van der Waals surface area contributed by atoms with Crippen LogP contribution in [0.3, 0.4) is 0 Å². The largest absolute Gasteiger partial charge is 0.493 e. The van der Waals surface area contributed by atoms with Gasteiger partial charge in [0.2, 0.25) is 0 Å². The fraction of sp³-hybridized carbons (Fsp3) is 0.526. The molecule has 8 nitrogen and oxygen atoms in total. The maximum Gasteiger partial charge on any atom is 0.251 e. The third-order valence-corrected chi connectivity index (χ3v) is 4.82. The molecule has 0 radical (unpaired) electrons. The van der Waals surface area contributed by atoms with Crippen molar-refractivity contribution in [3.8, 4) is 11.5 Å². The number of aromatic nitrogens is 3. The number of ether oxygens (including phenoxy) is 2. The molecule has 1 fully saturated rings. The van der Waals surface area contributed by atoms with E-state index < -0.39 is 0 Å². The Bertz CT molecular complexity index is 768. The molecule has 8 heteroatoms. The first-order valence-corrected chi connectivity index (χ1v) is 9.21. The van der Waals surface area contributed by atoms with Crippen LogP contribution in [0.5, 0.6) is 11.5 Å². The number of likely N-dealkylation sites (tertiary alicyclic amines) is 1. The summed E-state index contributed by atoms with van der Waals surface area (Å²) >= 11 is 0. The highest BCUT2D eigenvalue weighted by atomic mass is 16.5. The molecule has 146 valence electrons. The highest BCUT2D eigenvalue weighted by Gasteiger charge is 2.20. The van der Waals surface area contributed by atoms with Gasteiger partial charge in [-0.25, -0.2) is 4.98 Å². The van der Waals surface area contributed by atoms with E-state index in [2.05, 4.69) is 27.3 Å². The minimum atomic E-state index is -0.152. The summed E-state index contributed by atoms with van der Waals surface area (Å²) in [6, 6.07) is 5.31. The molecule has 1 N–H and O–H groups in total. The molecule has 0 atom stereocenters. The molecular weight excluding hydrogens is 346 g/mol. The van der Waals surface area contributed by atoms with Gasteiger partial charge in [0.15, 0.2) is 11.5 Å². The summed E-state index contributed by atoms with van der Waals surface area (Å²) in [7, 11) is 5.54. The minimum Gasteiger partial charge on any atom is -0.493 e. The Morgan fingerprint density at radius 3 is 2.70 bits per heavy atom. The Kier molecular flexibility index (Phi) is 6.28. The van der Waals surface area contributed by atoms with E-state index >= 15 is 0 Å². The summed E-state index contributed by atoms with van der Waals surface area (Å²) in [6.45, 7) is 2.54. The van der Waals surface area contributed by atoms with E-state index in [9.17, 15) is 4.79 Å². The normalized spacial score (nSPS) is 15.5. The number of hydrogen-bond donors (Lipinski definition) is 1. The van der Waals surface area contributed by atoms with Crippen molar-refractivity contribution in [1.29, 1.82) is 0 Å². The van der Waals surface area contributed by atoms with Crippen LogP contribution in [0.1, 0.15) is 29.0 Å². The Morgan fingerprint density at radius 2 is 2.04 bits per heavy atom. The topological polar surface area (TPSA) is 81.5 Å². The van der Waals surface area contributed by atoms with Crippen LogP contribution < -0.4 is 14.8 Å². The molecule has 1 amide bonds. The minimum absolute atomic E-state index is 0.152. The van der Waals surface area contributed by atoms with Crippen molar-refractivity contribution in [2.24, 2.45) is 7.05 Å². The van der Waals surface area contributed by atoms with Crippen molar-refractivity contribution < 1.29 is 14.3 Å². The van der Waals surface area contributed by atoms with E-state index in [0.717, 1.165) is 31.8 Å². The lowest BCUT2D eigenvalue weighted by molar-refractivity contribution is 0.0952. The number of piperidine rings is 1. The van der Waals surface area contributed by atoms with Gasteiger partial charge in [0.1, 0.15) is 18.3 Å². The van der Waals surface area contributed by atoms with Gasteiger partial charge in [-0.2, -0.15) is 5.10 Å². The number of aryl methyl sites for hydroxylation is 1. The molecule has 0 bridgehead atoms. The Hall–Kier alpha value is -2.61. The fourth-order valence-corrected chi connectivity index (χ4v) is 3.12. The second-order valence-electron chi connectivity index (χ2n) is 6.79. The number of carbonyl (C=O) groups excluding carboxylic acids is 1. The van der Waals surface area contributed by atoms with Crippen LogP contribution in [-0.2, 0) is 13.5 Å². The maximum atomic E-state index is 12.4. The standard InChI is InChI=1S/C19H27N5O3/c1-23-10-7-15(8-11-23)27-16-5-4-14(12-17(16)26-3)19(25)20-9-6-18-21-13-22-24(18)2/h4-5,12-13,15H,6-11H2,1-3H3,(H,20,25). The molecule has 0 spiro atoms. The highest BCUT2D eigenvalue weighted by molar-refractivity contribution is 5.94. The van der Waals surface area contributed by atoms with Gasteiger partial charge in [-0.3, -0.25) is 9.48 Å². The van der Waals surface area contributed by atoms with Crippen molar-refractivity contribution in [1.82, 2.24) is 25.0 Å². The van der Waals surface area contributed by atoms with Gasteiger partial charge >= 0.3 is 0 Å². The van der Waals surface area contributed by atoms with E-state index in [4.69, 9.17) is 9.47 Å². The Balaban J connectivity index is 1.57. The van der Waals surface area contributed by atoms with Crippen LogP contribution in [0.15, 0.2) is 24.5 Å². The fourth-order valence-electron chi connectivity index (χ4n) is 3.12. The van der Waals surface area contributed by atoms with Gasteiger partial charge in [0.05, 0.1) is 7.11 Å². The summed E-state index contributed by atoms with van der Waals surface area (Å²) in [5.41, 5.74) is 0.542. The van der Waals surface area contributed by atoms with Gasteiger partial charge in [-0.15, -0.1) is 0 Å². The first kappa shape index (κ1) is 19.2. The smallest absolute Gasteiger partial charge is 0.251 e. The van der Waals surface area contributed by atoms with Crippen LogP contribution in [0.2, 0.25) is 0 Å². The van der Waals surface area contributed by atoms with Crippen molar-refractivity contribution in [2.45, 2.75) is 25.4 Å².